The highest BCUT2D eigenvalue weighted by Gasteiger charge is 2.20. The number of fused-ring (bicyclic) bond motifs is 1. The minimum atomic E-state index is -0.191. The Morgan fingerprint density at radius 3 is 2.71 bits per heavy atom. The van der Waals surface area contributed by atoms with Crippen molar-refractivity contribution >= 4 is 28.6 Å². The van der Waals surface area contributed by atoms with Gasteiger partial charge in [0, 0.05) is 24.5 Å². The molecule has 4 rings (SSSR count). The van der Waals surface area contributed by atoms with Gasteiger partial charge in [0.2, 0.25) is 0 Å². The largest absolute Gasteiger partial charge is 0.354 e. The summed E-state index contributed by atoms with van der Waals surface area (Å²) in [5, 5.41) is 4.13. The van der Waals surface area contributed by atoms with Gasteiger partial charge in [0.05, 0.1) is 6.33 Å². The predicted molar refractivity (Wildman–Crippen MR) is 91.8 cm³/mol. The van der Waals surface area contributed by atoms with Crippen molar-refractivity contribution in [2.75, 3.05) is 5.32 Å². The van der Waals surface area contributed by atoms with Crippen LogP contribution in [0.1, 0.15) is 17.4 Å². The summed E-state index contributed by atoms with van der Waals surface area (Å²) >= 11 is 6.02. The molecule has 0 saturated heterocycles. The van der Waals surface area contributed by atoms with Crippen molar-refractivity contribution in [1.82, 2.24) is 29.5 Å². The molecule has 0 radical (unpaired) electrons. The molecule has 0 fully saturated rings. The summed E-state index contributed by atoms with van der Waals surface area (Å²) in [6.07, 6.45) is 6.77. The third-order valence-corrected chi connectivity index (χ3v) is 4.08. The van der Waals surface area contributed by atoms with Gasteiger partial charge in [0.1, 0.15) is 23.7 Å². The number of imidazole rings is 2. The maximum Gasteiger partial charge on any atom is 0.182 e. The lowest BCUT2D eigenvalue weighted by atomic mass is 10.1. The van der Waals surface area contributed by atoms with Crippen LogP contribution in [-0.4, -0.2) is 29.5 Å². The number of nitrogens with zero attached hydrogens (tertiary/aromatic N) is 5. The Morgan fingerprint density at radius 2 is 1.96 bits per heavy atom. The van der Waals surface area contributed by atoms with Gasteiger partial charge < -0.3 is 14.9 Å². The van der Waals surface area contributed by atoms with E-state index >= 15 is 0 Å². The van der Waals surface area contributed by atoms with E-state index in [1.54, 1.807) is 12.5 Å². The smallest absolute Gasteiger partial charge is 0.182 e. The van der Waals surface area contributed by atoms with Crippen molar-refractivity contribution in [2.45, 2.75) is 6.04 Å². The lowest BCUT2D eigenvalue weighted by molar-refractivity contribution is 0.746. The van der Waals surface area contributed by atoms with Gasteiger partial charge >= 0.3 is 0 Å². The SMILES string of the molecule is Cn1ccnc1[C@@H](Nc1ncnc2nc[nH]c12)c1ccc(Cl)cc1. The first-order chi connectivity index (χ1) is 11.7. The third-order valence-electron chi connectivity index (χ3n) is 3.82. The van der Waals surface area contributed by atoms with E-state index in [4.69, 9.17) is 11.6 Å². The summed E-state index contributed by atoms with van der Waals surface area (Å²) in [6.45, 7) is 0. The normalized spacial score (nSPS) is 12.4. The van der Waals surface area contributed by atoms with Gasteiger partial charge in [-0.2, -0.15) is 0 Å². The second-order valence-corrected chi connectivity index (χ2v) is 5.79. The number of aromatic nitrogens is 6. The molecule has 0 aliphatic carbocycles. The average Bonchev–Trinajstić information content (AvgIpc) is 3.23. The first-order valence-corrected chi connectivity index (χ1v) is 7.73. The number of anilines is 1. The first kappa shape index (κ1) is 14.6. The van der Waals surface area contributed by atoms with E-state index in [9.17, 15) is 0 Å². The Morgan fingerprint density at radius 1 is 1.12 bits per heavy atom. The average molecular weight is 340 g/mol. The molecule has 0 unspecified atom stereocenters. The molecule has 120 valence electrons. The molecule has 0 saturated carbocycles. The van der Waals surface area contributed by atoms with Crippen LogP contribution in [0.4, 0.5) is 5.82 Å². The van der Waals surface area contributed by atoms with Gasteiger partial charge in [-0.05, 0) is 17.7 Å². The van der Waals surface area contributed by atoms with E-state index in [2.05, 4.69) is 30.2 Å². The van der Waals surface area contributed by atoms with Gasteiger partial charge in [0.25, 0.3) is 0 Å². The number of nitrogens with one attached hydrogen (secondary N) is 2. The molecule has 8 heteroatoms. The van der Waals surface area contributed by atoms with Crippen LogP contribution < -0.4 is 5.32 Å². The molecule has 3 aromatic heterocycles. The maximum absolute atomic E-state index is 6.02. The number of rotatable bonds is 4. The van der Waals surface area contributed by atoms with E-state index in [0.29, 0.717) is 16.5 Å². The second-order valence-electron chi connectivity index (χ2n) is 5.35. The van der Waals surface area contributed by atoms with Gasteiger partial charge in [-0.15, -0.1) is 0 Å². The van der Waals surface area contributed by atoms with Crippen LogP contribution in [0.2, 0.25) is 5.02 Å². The Labute approximate surface area is 142 Å². The highest BCUT2D eigenvalue weighted by Crippen LogP contribution is 2.27. The van der Waals surface area contributed by atoms with Crippen molar-refractivity contribution in [3.8, 4) is 0 Å². The van der Waals surface area contributed by atoms with Crippen LogP contribution in [0.25, 0.3) is 11.2 Å². The zero-order valence-corrected chi connectivity index (χ0v) is 13.6. The number of H-pyrrole nitrogens is 1. The molecule has 0 bridgehead atoms. The number of hydrogen-bond acceptors (Lipinski definition) is 5. The summed E-state index contributed by atoms with van der Waals surface area (Å²) in [5.41, 5.74) is 2.40. The molecule has 24 heavy (non-hydrogen) atoms. The molecular formula is C16H14ClN7. The molecule has 0 aliphatic rings. The Bertz CT molecular complexity index is 973. The van der Waals surface area contributed by atoms with Crippen molar-refractivity contribution in [1.29, 1.82) is 0 Å². The number of aromatic amines is 1. The third kappa shape index (κ3) is 2.59. The van der Waals surface area contributed by atoms with Crippen LogP contribution >= 0.6 is 11.6 Å². The molecule has 0 aliphatic heterocycles. The lowest BCUT2D eigenvalue weighted by Crippen LogP contribution is -2.17. The number of hydrogen-bond donors (Lipinski definition) is 2. The molecule has 4 aromatic rings. The van der Waals surface area contributed by atoms with Crippen LogP contribution in [0, 0.1) is 0 Å². The fourth-order valence-corrected chi connectivity index (χ4v) is 2.74. The quantitative estimate of drug-likeness (QED) is 0.597. The molecule has 7 nitrogen and oxygen atoms in total. The first-order valence-electron chi connectivity index (χ1n) is 7.35. The monoisotopic (exact) mass is 339 g/mol. The van der Waals surface area contributed by atoms with E-state index < -0.39 is 0 Å². The second kappa shape index (κ2) is 5.93. The Kier molecular flexibility index (Phi) is 3.62. The standard InChI is InChI=1S/C16H14ClN7/c1-24-7-6-18-16(24)12(10-2-4-11(17)5-3-10)23-15-13-14(20-8-19-13)21-9-22-15/h2-9,12H,1H3,(H2,19,20,21,22,23)/t12-/m0/s1. The van der Waals surface area contributed by atoms with Gasteiger partial charge in [0.15, 0.2) is 11.5 Å². The van der Waals surface area contributed by atoms with Crippen LogP contribution in [0.5, 0.6) is 0 Å². The summed E-state index contributed by atoms with van der Waals surface area (Å²) in [5.74, 6) is 1.53. The molecular weight excluding hydrogens is 326 g/mol. The fourth-order valence-electron chi connectivity index (χ4n) is 2.62. The Hall–Kier alpha value is -2.93. The molecule has 1 atom stereocenters. The molecule has 2 N–H and O–H groups in total. The summed E-state index contributed by atoms with van der Waals surface area (Å²) in [7, 11) is 1.96. The van der Waals surface area contributed by atoms with Gasteiger partial charge in [-0.1, -0.05) is 23.7 Å². The zero-order valence-electron chi connectivity index (χ0n) is 12.8. The van der Waals surface area contributed by atoms with Crippen molar-refractivity contribution in [3.63, 3.8) is 0 Å². The van der Waals surface area contributed by atoms with E-state index in [0.717, 1.165) is 16.9 Å². The van der Waals surface area contributed by atoms with E-state index in [-0.39, 0.29) is 6.04 Å². The van der Waals surface area contributed by atoms with Gasteiger partial charge in [-0.3, -0.25) is 0 Å². The van der Waals surface area contributed by atoms with Crippen LogP contribution in [0.3, 0.4) is 0 Å². The fraction of sp³-hybridized carbons (Fsp3) is 0.125. The van der Waals surface area contributed by atoms with Crippen LogP contribution in [0.15, 0.2) is 49.3 Å². The minimum Gasteiger partial charge on any atom is -0.354 e. The number of benzene rings is 1. The van der Waals surface area contributed by atoms with Crippen molar-refractivity contribution in [3.05, 3.63) is 65.7 Å². The minimum absolute atomic E-state index is 0.191. The van der Waals surface area contributed by atoms with Crippen molar-refractivity contribution < 1.29 is 0 Å². The summed E-state index contributed by atoms with van der Waals surface area (Å²) in [4.78, 5) is 20.2. The molecule has 0 amide bonds. The highest BCUT2D eigenvalue weighted by molar-refractivity contribution is 6.30. The topological polar surface area (TPSA) is 84.3 Å². The molecule has 1 aromatic carbocycles. The lowest BCUT2D eigenvalue weighted by Gasteiger charge is -2.20. The van der Waals surface area contributed by atoms with E-state index in [1.165, 1.54) is 6.33 Å². The van der Waals surface area contributed by atoms with E-state index in [1.807, 2.05) is 42.1 Å². The summed E-state index contributed by atoms with van der Waals surface area (Å²) < 4.78 is 1.97. The predicted octanol–water partition coefficient (Wildman–Crippen LogP) is 2.94. The zero-order chi connectivity index (χ0) is 16.5. The Balaban J connectivity index is 1.80. The molecule has 3 heterocycles. The van der Waals surface area contributed by atoms with Crippen molar-refractivity contribution in [2.24, 2.45) is 7.05 Å². The van der Waals surface area contributed by atoms with Gasteiger partial charge in [-0.25, -0.2) is 19.9 Å². The summed E-state index contributed by atoms with van der Waals surface area (Å²) in [6, 6.07) is 7.48. The molecule has 0 spiro atoms. The van der Waals surface area contributed by atoms with Crippen LogP contribution in [-0.2, 0) is 7.05 Å². The number of halogens is 1. The number of aryl methyl sites for hydroxylation is 1. The highest BCUT2D eigenvalue weighted by atomic mass is 35.5. The maximum atomic E-state index is 6.02.